The first-order valence-corrected chi connectivity index (χ1v) is 10.6. The highest BCUT2D eigenvalue weighted by Crippen LogP contribution is 2.66. The first-order valence-electron chi connectivity index (χ1n) is 10.6. The molecule has 0 aromatic rings. The Kier molecular flexibility index (Phi) is 5.42. The van der Waals surface area contributed by atoms with Crippen LogP contribution in [0.5, 0.6) is 0 Å². The lowest BCUT2D eigenvalue weighted by atomic mass is 9.45. The molecular weight excluding hydrogens is 348 g/mol. The molecule has 150 valence electrons. The lowest BCUT2D eigenvalue weighted by Gasteiger charge is -2.60. The fourth-order valence-corrected chi connectivity index (χ4v) is 8.02. The maximum absolute atomic E-state index is 11.6. The lowest BCUT2D eigenvalue weighted by molar-refractivity contribution is -0.540. The van der Waals surface area contributed by atoms with E-state index in [4.69, 9.17) is 0 Å². The molecule has 0 N–H and O–H groups in total. The number of hydrogen-bond donors (Lipinski definition) is 0. The van der Waals surface area contributed by atoms with Gasteiger partial charge in [0.15, 0.2) is 0 Å². The molecule has 4 rings (SSSR count). The fourth-order valence-electron chi connectivity index (χ4n) is 8.02. The van der Waals surface area contributed by atoms with Gasteiger partial charge in [-0.25, -0.2) is 0 Å². The lowest BCUT2D eigenvalue weighted by Crippen LogP contribution is -2.55. The number of halogens is 1. The van der Waals surface area contributed by atoms with Crippen molar-refractivity contribution in [2.45, 2.75) is 83.7 Å². The molecule has 0 aromatic heterocycles. The van der Waals surface area contributed by atoms with Crippen LogP contribution in [0.2, 0.25) is 0 Å². The molecule has 26 heavy (non-hydrogen) atoms. The first-order chi connectivity index (χ1) is 11.8. The molecule has 0 bridgehead atoms. The van der Waals surface area contributed by atoms with Crippen molar-refractivity contribution in [2.75, 3.05) is 14.1 Å². The van der Waals surface area contributed by atoms with Crippen LogP contribution in [-0.2, 0) is 0 Å². The molecule has 0 aromatic carbocycles. The van der Waals surface area contributed by atoms with Gasteiger partial charge in [-0.3, -0.25) is 10.1 Å². The van der Waals surface area contributed by atoms with Crippen molar-refractivity contribution in [1.29, 1.82) is 0 Å². The quantitative estimate of drug-likeness (QED) is 0.495. The van der Waals surface area contributed by atoms with Crippen molar-refractivity contribution in [3.63, 3.8) is 0 Å². The molecule has 0 spiro atoms. The summed E-state index contributed by atoms with van der Waals surface area (Å²) < 4.78 is 0. The van der Waals surface area contributed by atoms with Crippen LogP contribution >= 0.6 is 12.4 Å². The monoisotopic (exact) mass is 384 g/mol. The summed E-state index contributed by atoms with van der Waals surface area (Å²) in [5.74, 6) is 3.04. The van der Waals surface area contributed by atoms with E-state index in [1.165, 1.54) is 38.5 Å². The molecule has 0 radical (unpaired) electrons. The Morgan fingerprint density at radius 3 is 2.23 bits per heavy atom. The number of fused-ring (bicyclic) bond motifs is 5. The summed E-state index contributed by atoms with van der Waals surface area (Å²) in [4.78, 5) is 14.1. The summed E-state index contributed by atoms with van der Waals surface area (Å²) in [5.41, 5.74) is 0.457. The van der Waals surface area contributed by atoms with Crippen LogP contribution in [0.1, 0.15) is 71.6 Å². The van der Waals surface area contributed by atoms with Crippen molar-refractivity contribution < 1.29 is 4.92 Å². The molecule has 1 unspecified atom stereocenters. The second-order valence-corrected chi connectivity index (χ2v) is 10.5. The molecular formula is C21H37ClN2O2. The minimum absolute atomic E-state index is 0. The highest BCUT2D eigenvalue weighted by Gasteiger charge is 2.63. The molecule has 4 nitrogen and oxygen atoms in total. The highest BCUT2D eigenvalue weighted by atomic mass is 35.5. The minimum Gasteiger partial charge on any atom is -0.306 e. The molecule has 0 saturated heterocycles. The molecule has 0 amide bonds. The fraction of sp³-hybridized carbons (Fsp3) is 1.00. The smallest absolute Gasteiger partial charge is 0.218 e. The summed E-state index contributed by atoms with van der Waals surface area (Å²) in [7, 11) is 4.47. The van der Waals surface area contributed by atoms with Gasteiger partial charge in [0.2, 0.25) is 6.04 Å². The predicted octanol–water partition coefficient (Wildman–Crippen LogP) is 5.03. The Labute approximate surface area is 165 Å². The largest absolute Gasteiger partial charge is 0.306 e. The number of nitro groups is 1. The molecule has 4 fully saturated rings. The van der Waals surface area contributed by atoms with Gasteiger partial charge in [0, 0.05) is 22.8 Å². The number of rotatable bonds is 2. The Hall–Kier alpha value is -0.350. The molecule has 0 aliphatic heterocycles. The third-order valence-corrected chi connectivity index (χ3v) is 9.57. The standard InChI is InChI=1S/C21H36N2O2.ClH/c1-20-11-9-15(22(3)4)13-14(20)5-6-16-17-7-8-19(23(24)25)21(17,2)12-10-18(16)20;/h14-19H,5-13H2,1-4H3;1H/t14-,15?,16-,17-,18-,19-,20-,21-;/m0./s1. The van der Waals surface area contributed by atoms with Crippen LogP contribution in [0.15, 0.2) is 0 Å². The summed E-state index contributed by atoms with van der Waals surface area (Å²) >= 11 is 0. The van der Waals surface area contributed by atoms with Gasteiger partial charge in [-0.1, -0.05) is 13.8 Å². The van der Waals surface area contributed by atoms with Crippen molar-refractivity contribution in [2.24, 2.45) is 34.5 Å². The van der Waals surface area contributed by atoms with E-state index in [-0.39, 0.29) is 28.8 Å². The van der Waals surface area contributed by atoms with E-state index >= 15 is 0 Å². The first kappa shape index (κ1) is 20.4. The maximum atomic E-state index is 11.6. The van der Waals surface area contributed by atoms with Crippen LogP contribution in [-0.4, -0.2) is 36.0 Å². The molecule has 4 aliphatic rings. The van der Waals surface area contributed by atoms with Gasteiger partial charge in [0.05, 0.1) is 0 Å². The van der Waals surface area contributed by atoms with E-state index in [2.05, 4.69) is 32.8 Å². The molecule has 8 atom stereocenters. The molecule has 4 saturated carbocycles. The highest BCUT2D eigenvalue weighted by molar-refractivity contribution is 5.85. The van der Waals surface area contributed by atoms with E-state index in [1.54, 1.807) is 0 Å². The van der Waals surface area contributed by atoms with Crippen LogP contribution in [0.3, 0.4) is 0 Å². The number of nitrogens with zero attached hydrogens (tertiary/aromatic N) is 2. The van der Waals surface area contributed by atoms with Crippen LogP contribution < -0.4 is 0 Å². The second kappa shape index (κ2) is 6.92. The Morgan fingerprint density at radius 2 is 1.58 bits per heavy atom. The van der Waals surface area contributed by atoms with Gasteiger partial charge in [-0.15, -0.1) is 12.4 Å². The number of hydrogen-bond acceptors (Lipinski definition) is 3. The van der Waals surface area contributed by atoms with E-state index in [0.29, 0.717) is 11.3 Å². The van der Waals surface area contributed by atoms with E-state index in [9.17, 15) is 10.1 Å². The Balaban J connectivity index is 0.00000196. The van der Waals surface area contributed by atoms with Gasteiger partial charge >= 0.3 is 0 Å². The zero-order chi connectivity index (χ0) is 18.0. The van der Waals surface area contributed by atoms with Crippen LogP contribution in [0.25, 0.3) is 0 Å². The second-order valence-electron chi connectivity index (χ2n) is 10.5. The summed E-state index contributed by atoms with van der Waals surface area (Å²) in [6.45, 7) is 4.84. The Morgan fingerprint density at radius 1 is 0.923 bits per heavy atom. The topological polar surface area (TPSA) is 46.4 Å². The van der Waals surface area contributed by atoms with E-state index in [1.807, 2.05) is 0 Å². The Bertz CT molecular complexity index is 556. The SMILES string of the molecule is CN(C)C1CC[C@@]2(C)[C@@H](CC[C@@H]3[C@@H]2CC[C@]2(C)[C@@H]([N+](=O)[O-])CC[C@@H]32)C1.Cl. The van der Waals surface area contributed by atoms with Gasteiger partial charge in [0.25, 0.3) is 0 Å². The summed E-state index contributed by atoms with van der Waals surface area (Å²) in [6, 6.07) is 0.474. The van der Waals surface area contributed by atoms with Gasteiger partial charge < -0.3 is 4.90 Å². The average Bonchev–Trinajstić information content (AvgIpc) is 2.91. The van der Waals surface area contributed by atoms with Crippen molar-refractivity contribution in [1.82, 2.24) is 4.90 Å². The van der Waals surface area contributed by atoms with E-state index < -0.39 is 0 Å². The molecule has 0 heterocycles. The summed E-state index contributed by atoms with van der Waals surface area (Å²) in [6.07, 6.45) is 11.0. The molecule has 4 aliphatic carbocycles. The third kappa shape index (κ3) is 2.82. The molecule has 5 heteroatoms. The summed E-state index contributed by atoms with van der Waals surface area (Å²) in [5, 5.41) is 11.6. The van der Waals surface area contributed by atoms with Gasteiger partial charge in [-0.2, -0.15) is 0 Å². The van der Waals surface area contributed by atoms with Crippen LogP contribution in [0, 0.1) is 44.6 Å². The zero-order valence-corrected chi connectivity index (χ0v) is 17.8. The van der Waals surface area contributed by atoms with Gasteiger partial charge in [0.1, 0.15) is 0 Å². The zero-order valence-electron chi connectivity index (χ0n) is 16.9. The predicted molar refractivity (Wildman–Crippen MR) is 107 cm³/mol. The van der Waals surface area contributed by atoms with E-state index in [0.717, 1.165) is 43.1 Å². The van der Waals surface area contributed by atoms with Crippen molar-refractivity contribution >= 4 is 12.4 Å². The van der Waals surface area contributed by atoms with Gasteiger partial charge in [-0.05, 0) is 94.5 Å². The van der Waals surface area contributed by atoms with Crippen LogP contribution in [0.4, 0.5) is 0 Å². The average molecular weight is 385 g/mol. The third-order valence-electron chi connectivity index (χ3n) is 9.57. The maximum Gasteiger partial charge on any atom is 0.218 e. The normalized spacial score (nSPS) is 50.3. The van der Waals surface area contributed by atoms with Crippen molar-refractivity contribution in [3.8, 4) is 0 Å². The van der Waals surface area contributed by atoms with Crippen molar-refractivity contribution in [3.05, 3.63) is 10.1 Å². The minimum atomic E-state index is -0.284.